The van der Waals surface area contributed by atoms with Gasteiger partial charge in [0.1, 0.15) is 0 Å². The Morgan fingerprint density at radius 2 is 1.62 bits per heavy atom. The Balaban J connectivity index is 1.51. The number of nitrogens with one attached hydrogen (secondary N) is 2. The Morgan fingerprint density at radius 1 is 0.946 bits per heavy atom. The predicted octanol–water partition coefficient (Wildman–Crippen LogP) is 5.25. The predicted molar refractivity (Wildman–Crippen MR) is 147 cm³/mol. The molecule has 2 aliphatic heterocycles. The van der Waals surface area contributed by atoms with E-state index in [4.69, 9.17) is 14.2 Å². The van der Waals surface area contributed by atoms with Crippen molar-refractivity contribution in [3.8, 4) is 11.5 Å². The molecular formula is C30H33N3O4. The molecule has 7 nitrogen and oxygen atoms in total. The number of benzene rings is 3. The van der Waals surface area contributed by atoms with E-state index < -0.39 is 0 Å². The second-order valence-corrected chi connectivity index (χ2v) is 8.99. The first kappa shape index (κ1) is 24.9. The van der Waals surface area contributed by atoms with Crippen molar-refractivity contribution >= 4 is 28.6 Å². The van der Waals surface area contributed by atoms with Gasteiger partial charge in [-0.05, 0) is 43.2 Å². The molecule has 0 bridgehead atoms. The number of hydrogen-bond acceptors (Lipinski definition) is 6. The van der Waals surface area contributed by atoms with Crippen molar-refractivity contribution in [2.24, 2.45) is 0 Å². The molecule has 7 heteroatoms. The van der Waals surface area contributed by atoms with E-state index in [-0.39, 0.29) is 5.91 Å². The van der Waals surface area contributed by atoms with E-state index in [1.807, 2.05) is 56.3 Å². The van der Waals surface area contributed by atoms with Gasteiger partial charge in [0, 0.05) is 37.0 Å². The molecule has 0 aromatic heterocycles. The highest BCUT2D eigenvalue weighted by Gasteiger charge is 2.30. The Hall–Kier alpha value is -3.81. The van der Waals surface area contributed by atoms with Crippen molar-refractivity contribution in [1.82, 2.24) is 4.90 Å². The fraction of sp³-hybridized carbons (Fsp3) is 0.300. The molecule has 0 radical (unpaired) electrons. The second kappa shape index (κ2) is 11.5. The topological polar surface area (TPSA) is 72.1 Å². The van der Waals surface area contributed by atoms with Crippen LogP contribution in [-0.2, 0) is 16.1 Å². The minimum Gasteiger partial charge on any atom is -0.490 e. The number of amides is 1. The summed E-state index contributed by atoms with van der Waals surface area (Å²) in [5, 5.41) is 6.56. The van der Waals surface area contributed by atoms with Crippen molar-refractivity contribution in [3.05, 3.63) is 83.4 Å². The van der Waals surface area contributed by atoms with Crippen LogP contribution in [0.25, 0.3) is 11.3 Å². The Kier molecular flexibility index (Phi) is 7.73. The molecule has 0 saturated carbocycles. The van der Waals surface area contributed by atoms with E-state index in [0.29, 0.717) is 36.0 Å². The van der Waals surface area contributed by atoms with Crippen LogP contribution in [0.4, 0.5) is 11.4 Å². The van der Waals surface area contributed by atoms with Gasteiger partial charge < -0.3 is 24.8 Å². The third-order valence-electron chi connectivity index (χ3n) is 6.47. The molecule has 3 aromatic rings. The first-order valence-electron chi connectivity index (χ1n) is 12.9. The molecule has 1 fully saturated rings. The highest BCUT2D eigenvalue weighted by atomic mass is 16.5. The number of hydrogen-bond donors (Lipinski definition) is 2. The van der Waals surface area contributed by atoms with Crippen LogP contribution in [0.1, 0.15) is 30.5 Å². The van der Waals surface area contributed by atoms with Gasteiger partial charge in [-0.3, -0.25) is 9.69 Å². The normalized spacial score (nSPS) is 16.6. The average Bonchev–Trinajstić information content (AvgIpc) is 3.24. The summed E-state index contributed by atoms with van der Waals surface area (Å²) < 4.78 is 17.1. The molecule has 0 aliphatic carbocycles. The molecule has 1 saturated heterocycles. The van der Waals surface area contributed by atoms with Crippen LogP contribution in [0, 0.1) is 0 Å². The largest absolute Gasteiger partial charge is 0.490 e. The third kappa shape index (κ3) is 5.63. The summed E-state index contributed by atoms with van der Waals surface area (Å²) in [5.41, 5.74) is 5.89. The molecular weight excluding hydrogens is 466 g/mol. The van der Waals surface area contributed by atoms with Gasteiger partial charge in [0.05, 0.1) is 43.4 Å². The fourth-order valence-electron chi connectivity index (χ4n) is 4.70. The first-order chi connectivity index (χ1) is 18.2. The summed E-state index contributed by atoms with van der Waals surface area (Å²) in [7, 11) is 0. The maximum absolute atomic E-state index is 13.3. The summed E-state index contributed by atoms with van der Waals surface area (Å²) in [6, 6.07) is 22.1. The average molecular weight is 500 g/mol. The third-order valence-corrected chi connectivity index (χ3v) is 6.47. The number of carbonyl (C=O) groups excluding carboxylic acids is 1. The minimum absolute atomic E-state index is 0.165. The van der Waals surface area contributed by atoms with Gasteiger partial charge in [-0.25, -0.2) is 0 Å². The maximum Gasteiger partial charge on any atom is 0.258 e. The van der Waals surface area contributed by atoms with Crippen LogP contribution in [0.3, 0.4) is 0 Å². The van der Waals surface area contributed by atoms with Crippen LogP contribution in [-0.4, -0.2) is 50.3 Å². The molecule has 37 heavy (non-hydrogen) atoms. The van der Waals surface area contributed by atoms with Gasteiger partial charge in [-0.2, -0.15) is 0 Å². The van der Waals surface area contributed by atoms with Gasteiger partial charge >= 0.3 is 0 Å². The Morgan fingerprint density at radius 3 is 2.30 bits per heavy atom. The van der Waals surface area contributed by atoms with Crippen LogP contribution in [0.15, 0.2) is 66.7 Å². The highest BCUT2D eigenvalue weighted by molar-refractivity contribution is 6.37. The number of morpholine rings is 1. The van der Waals surface area contributed by atoms with E-state index in [1.165, 1.54) is 5.56 Å². The summed E-state index contributed by atoms with van der Waals surface area (Å²) >= 11 is 0. The second-order valence-electron chi connectivity index (χ2n) is 8.99. The van der Waals surface area contributed by atoms with E-state index in [0.717, 1.165) is 55.4 Å². The zero-order valence-corrected chi connectivity index (χ0v) is 21.4. The van der Waals surface area contributed by atoms with Crippen molar-refractivity contribution in [1.29, 1.82) is 0 Å². The lowest BCUT2D eigenvalue weighted by Gasteiger charge is -2.26. The standard InChI is InChI=1S/C30H33N3O4/c1-3-36-26-18-24-25(19-27(26)37-4-2)32-30(34)28(24)29(22-8-6-5-7-9-22)31-23-12-10-21(11-13-23)20-33-14-16-35-17-15-33/h5-13,18-19,31H,3-4,14-17,20H2,1-2H3,(H,32,34)/b29-28-. The molecule has 2 aliphatic rings. The molecule has 0 unspecified atom stereocenters. The monoisotopic (exact) mass is 499 g/mol. The van der Waals surface area contributed by atoms with E-state index >= 15 is 0 Å². The summed E-state index contributed by atoms with van der Waals surface area (Å²) in [5.74, 6) is 1.08. The van der Waals surface area contributed by atoms with Crippen molar-refractivity contribution < 1.29 is 19.0 Å². The lowest BCUT2D eigenvalue weighted by molar-refractivity contribution is -0.110. The Bertz CT molecular complexity index is 1270. The molecule has 5 rings (SSSR count). The maximum atomic E-state index is 13.3. The van der Waals surface area contributed by atoms with E-state index in [1.54, 1.807) is 0 Å². The fourth-order valence-corrected chi connectivity index (χ4v) is 4.70. The number of rotatable bonds is 9. The molecule has 3 aromatic carbocycles. The van der Waals surface area contributed by atoms with Crippen LogP contribution in [0.2, 0.25) is 0 Å². The summed E-state index contributed by atoms with van der Waals surface area (Å²) in [4.78, 5) is 15.7. The number of nitrogens with zero attached hydrogens (tertiary/aromatic N) is 1. The van der Waals surface area contributed by atoms with Gasteiger partial charge in [0.2, 0.25) is 0 Å². The van der Waals surface area contributed by atoms with Gasteiger partial charge in [-0.1, -0.05) is 42.5 Å². The lowest BCUT2D eigenvalue weighted by atomic mass is 9.99. The van der Waals surface area contributed by atoms with E-state index in [2.05, 4.69) is 39.8 Å². The van der Waals surface area contributed by atoms with Crippen LogP contribution >= 0.6 is 0 Å². The minimum atomic E-state index is -0.165. The first-order valence-corrected chi connectivity index (χ1v) is 12.9. The molecule has 0 atom stereocenters. The molecule has 2 heterocycles. The summed E-state index contributed by atoms with van der Waals surface area (Å²) in [6.45, 7) is 9.24. The quantitative estimate of drug-likeness (QED) is 0.392. The zero-order valence-electron chi connectivity index (χ0n) is 21.4. The molecule has 192 valence electrons. The number of fused-ring (bicyclic) bond motifs is 1. The van der Waals surface area contributed by atoms with Gasteiger partial charge in [0.25, 0.3) is 5.91 Å². The van der Waals surface area contributed by atoms with Crippen molar-refractivity contribution in [2.75, 3.05) is 50.2 Å². The van der Waals surface area contributed by atoms with Crippen LogP contribution < -0.4 is 20.1 Å². The van der Waals surface area contributed by atoms with Crippen LogP contribution in [0.5, 0.6) is 11.5 Å². The number of ether oxygens (including phenoxy) is 3. The van der Waals surface area contributed by atoms with Gasteiger partial charge in [0.15, 0.2) is 11.5 Å². The highest BCUT2D eigenvalue weighted by Crippen LogP contribution is 2.43. The number of carbonyl (C=O) groups is 1. The molecule has 0 spiro atoms. The van der Waals surface area contributed by atoms with Crippen molar-refractivity contribution in [2.45, 2.75) is 20.4 Å². The Labute approximate surface area is 218 Å². The zero-order chi connectivity index (χ0) is 25.6. The van der Waals surface area contributed by atoms with Gasteiger partial charge in [-0.15, -0.1) is 0 Å². The smallest absolute Gasteiger partial charge is 0.258 e. The SMILES string of the molecule is CCOc1cc2c(cc1OCC)/C(=C(/Nc1ccc(CN3CCOCC3)cc1)c1ccccc1)C(=O)N2. The summed E-state index contributed by atoms with van der Waals surface area (Å²) in [6.07, 6.45) is 0. The number of anilines is 2. The van der Waals surface area contributed by atoms with E-state index in [9.17, 15) is 4.79 Å². The van der Waals surface area contributed by atoms with Crippen molar-refractivity contribution in [3.63, 3.8) is 0 Å². The molecule has 2 N–H and O–H groups in total. The molecule has 1 amide bonds. The lowest BCUT2D eigenvalue weighted by Crippen LogP contribution is -2.35.